The van der Waals surface area contributed by atoms with E-state index in [1.165, 1.54) is 23.5 Å². The van der Waals surface area contributed by atoms with E-state index in [4.69, 9.17) is 10.5 Å². The molecule has 1 saturated heterocycles. The quantitative estimate of drug-likeness (QED) is 0.899. The Bertz CT molecular complexity index is 655. The molecule has 3 unspecified atom stereocenters. The summed E-state index contributed by atoms with van der Waals surface area (Å²) in [4.78, 5) is -0.0330. The molecular formula is C14H20ClFN2O3S. The van der Waals surface area contributed by atoms with E-state index in [1.807, 2.05) is 0 Å². The highest BCUT2D eigenvalue weighted by atomic mass is 35.5. The number of hydrogen-bond acceptors (Lipinski definition) is 4. The number of rotatable bonds is 3. The van der Waals surface area contributed by atoms with Gasteiger partial charge in [0.05, 0.1) is 12.0 Å². The van der Waals surface area contributed by atoms with Crippen LogP contribution in [0.2, 0.25) is 0 Å². The number of ether oxygens (including phenoxy) is 1. The second-order valence-electron chi connectivity index (χ2n) is 5.78. The molecule has 0 amide bonds. The van der Waals surface area contributed by atoms with Crippen LogP contribution in [0.1, 0.15) is 12.8 Å². The van der Waals surface area contributed by atoms with E-state index >= 15 is 0 Å². The van der Waals surface area contributed by atoms with Crippen LogP contribution in [0.4, 0.5) is 4.39 Å². The van der Waals surface area contributed by atoms with Gasteiger partial charge in [0.2, 0.25) is 10.0 Å². The molecule has 0 radical (unpaired) electrons. The average Bonchev–Trinajstić information content (AvgIpc) is 3.02. The maximum Gasteiger partial charge on any atom is 0.243 e. The Morgan fingerprint density at radius 3 is 2.64 bits per heavy atom. The van der Waals surface area contributed by atoms with Crippen LogP contribution >= 0.6 is 12.4 Å². The van der Waals surface area contributed by atoms with Crippen LogP contribution in [0.3, 0.4) is 0 Å². The summed E-state index contributed by atoms with van der Waals surface area (Å²) in [7, 11) is -2.33. The molecule has 1 aromatic carbocycles. The van der Waals surface area contributed by atoms with Crippen molar-refractivity contribution in [1.29, 1.82) is 0 Å². The minimum Gasteiger partial charge on any atom is -0.494 e. The summed E-state index contributed by atoms with van der Waals surface area (Å²) >= 11 is 0. The SMILES string of the molecule is COc1ccc(S(=O)(=O)N2CC3CCC(N)C3C2)cc1F.Cl. The number of nitrogens with zero attached hydrogens (tertiary/aromatic N) is 1. The number of sulfonamides is 1. The highest BCUT2D eigenvalue weighted by molar-refractivity contribution is 7.89. The third-order valence-corrected chi connectivity index (χ3v) is 6.47. The van der Waals surface area contributed by atoms with E-state index in [2.05, 4.69) is 0 Å². The normalized spacial score (nSPS) is 28.2. The van der Waals surface area contributed by atoms with Gasteiger partial charge in [0.15, 0.2) is 11.6 Å². The third kappa shape index (κ3) is 2.82. The molecule has 3 rings (SSSR count). The molecule has 2 aliphatic rings. The average molecular weight is 351 g/mol. The van der Waals surface area contributed by atoms with Gasteiger partial charge in [0.25, 0.3) is 0 Å². The molecule has 124 valence electrons. The highest BCUT2D eigenvalue weighted by Crippen LogP contribution is 2.39. The van der Waals surface area contributed by atoms with Gasteiger partial charge in [-0.3, -0.25) is 0 Å². The molecule has 0 aromatic heterocycles. The van der Waals surface area contributed by atoms with Gasteiger partial charge in [0, 0.05) is 19.1 Å². The molecule has 22 heavy (non-hydrogen) atoms. The Labute approximate surface area is 136 Å². The lowest BCUT2D eigenvalue weighted by atomic mass is 9.98. The second-order valence-corrected chi connectivity index (χ2v) is 7.72. The summed E-state index contributed by atoms with van der Waals surface area (Å²) in [6.45, 7) is 0.913. The monoisotopic (exact) mass is 350 g/mol. The first-order valence-electron chi connectivity index (χ1n) is 7.02. The lowest BCUT2D eigenvalue weighted by Gasteiger charge is -2.19. The Morgan fingerprint density at radius 1 is 1.32 bits per heavy atom. The number of methoxy groups -OCH3 is 1. The molecule has 0 bridgehead atoms. The van der Waals surface area contributed by atoms with Crippen molar-refractivity contribution in [2.75, 3.05) is 20.2 Å². The Hall–Kier alpha value is -0.890. The first-order chi connectivity index (χ1) is 9.93. The third-order valence-electron chi connectivity index (χ3n) is 4.64. The molecule has 8 heteroatoms. The second kappa shape index (κ2) is 6.31. The van der Waals surface area contributed by atoms with E-state index < -0.39 is 15.8 Å². The van der Waals surface area contributed by atoms with Crippen molar-refractivity contribution in [3.8, 4) is 5.75 Å². The zero-order chi connectivity index (χ0) is 15.2. The van der Waals surface area contributed by atoms with Crippen LogP contribution < -0.4 is 10.5 Å². The minimum atomic E-state index is -3.67. The van der Waals surface area contributed by atoms with Crippen molar-refractivity contribution in [3.63, 3.8) is 0 Å². The van der Waals surface area contributed by atoms with Gasteiger partial charge in [-0.25, -0.2) is 12.8 Å². The summed E-state index contributed by atoms with van der Waals surface area (Å²) in [5.41, 5.74) is 6.03. The molecule has 1 saturated carbocycles. The predicted octanol–water partition coefficient (Wildman–Crippen LogP) is 1.61. The summed E-state index contributed by atoms with van der Waals surface area (Å²) in [6, 6.07) is 3.81. The van der Waals surface area contributed by atoms with E-state index in [-0.39, 0.29) is 35.0 Å². The molecule has 1 aromatic rings. The fraction of sp³-hybridized carbons (Fsp3) is 0.571. The Balaban J connectivity index is 0.00000176. The topological polar surface area (TPSA) is 72.6 Å². The number of fused-ring (bicyclic) bond motifs is 1. The van der Waals surface area contributed by atoms with Crippen LogP contribution in [0, 0.1) is 17.7 Å². The van der Waals surface area contributed by atoms with Gasteiger partial charge in [0.1, 0.15) is 0 Å². The van der Waals surface area contributed by atoms with Gasteiger partial charge in [-0.05, 0) is 42.9 Å². The van der Waals surface area contributed by atoms with Crippen LogP contribution in [-0.2, 0) is 10.0 Å². The van der Waals surface area contributed by atoms with Crippen molar-refractivity contribution >= 4 is 22.4 Å². The minimum absolute atomic E-state index is 0. The molecular weight excluding hydrogens is 331 g/mol. The zero-order valence-electron chi connectivity index (χ0n) is 12.2. The Morgan fingerprint density at radius 2 is 2.05 bits per heavy atom. The molecule has 5 nitrogen and oxygen atoms in total. The predicted molar refractivity (Wildman–Crippen MR) is 83.1 cm³/mol. The summed E-state index contributed by atoms with van der Waals surface area (Å²) in [6.07, 6.45) is 1.93. The van der Waals surface area contributed by atoms with Crippen molar-refractivity contribution in [3.05, 3.63) is 24.0 Å². The summed E-state index contributed by atoms with van der Waals surface area (Å²) in [5, 5.41) is 0. The maximum absolute atomic E-state index is 13.7. The van der Waals surface area contributed by atoms with E-state index in [1.54, 1.807) is 0 Å². The summed E-state index contributed by atoms with van der Waals surface area (Å²) < 4.78 is 45.2. The van der Waals surface area contributed by atoms with Gasteiger partial charge in [-0.2, -0.15) is 4.31 Å². The smallest absolute Gasteiger partial charge is 0.243 e. The number of hydrogen-bond donors (Lipinski definition) is 1. The van der Waals surface area contributed by atoms with Crippen molar-refractivity contribution in [1.82, 2.24) is 4.31 Å². The largest absolute Gasteiger partial charge is 0.494 e. The summed E-state index contributed by atoms with van der Waals surface area (Å²) in [5.74, 6) is -0.0790. The number of nitrogens with two attached hydrogens (primary N) is 1. The zero-order valence-corrected chi connectivity index (χ0v) is 13.9. The van der Waals surface area contributed by atoms with Crippen LogP contribution in [0.15, 0.2) is 23.1 Å². The first kappa shape index (κ1) is 17.5. The fourth-order valence-corrected chi connectivity index (χ4v) is 4.97. The lowest BCUT2D eigenvalue weighted by Crippen LogP contribution is -2.33. The fourth-order valence-electron chi connectivity index (χ4n) is 3.42. The van der Waals surface area contributed by atoms with Gasteiger partial charge in [-0.1, -0.05) is 0 Å². The van der Waals surface area contributed by atoms with Gasteiger partial charge >= 0.3 is 0 Å². The maximum atomic E-state index is 13.7. The molecule has 3 atom stereocenters. The van der Waals surface area contributed by atoms with Crippen molar-refractivity contribution in [2.45, 2.75) is 23.8 Å². The molecule has 1 aliphatic carbocycles. The molecule has 1 heterocycles. The van der Waals surface area contributed by atoms with Gasteiger partial charge < -0.3 is 10.5 Å². The van der Waals surface area contributed by atoms with Crippen molar-refractivity contribution in [2.24, 2.45) is 17.6 Å². The lowest BCUT2D eigenvalue weighted by molar-refractivity contribution is 0.385. The van der Waals surface area contributed by atoms with Crippen LogP contribution in [0.5, 0.6) is 5.75 Å². The Kier molecular flexibility index (Phi) is 5.01. The van der Waals surface area contributed by atoms with Crippen LogP contribution in [-0.4, -0.2) is 39.0 Å². The van der Waals surface area contributed by atoms with Crippen molar-refractivity contribution < 1.29 is 17.5 Å². The van der Waals surface area contributed by atoms with E-state index in [0.717, 1.165) is 18.9 Å². The first-order valence-corrected chi connectivity index (χ1v) is 8.46. The van der Waals surface area contributed by atoms with Gasteiger partial charge in [-0.15, -0.1) is 12.4 Å². The number of halogens is 2. The highest BCUT2D eigenvalue weighted by Gasteiger charge is 2.45. The van der Waals surface area contributed by atoms with Crippen LogP contribution in [0.25, 0.3) is 0 Å². The van der Waals surface area contributed by atoms with E-state index in [0.29, 0.717) is 19.0 Å². The molecule has 2 fully saturated rings. The van der Waals surface area contributed by atoms with E-state index in [9.17, 15) is 12.8 Å². The molecule has 2 N–H and O–H groups in total. The molecule has 0 spiro atoms. The number of benzene rings is 1. The standard InChI is InChI=1S/C14H19FN2O3S.ClH/c1-20-14-5-3-10(6-12(14)15)21(18,19)17-7-9-2-4-13(16)11(9)8-17;/h3,5-6,9,11,13H,2,4,7-8,16H2,1H3;1H. The molecule has 1 aliphatic heterocycles.